The van der Waals surface area contributed by atoms with E-state index in [0.717, 1.165) is 6.92 Å². The number of carboxylic acids is 1. The van der Waals surface area contributed by atoms with E-state index in [0.29, 0.717) is 12.1 Å². The first-order chi connectivity index (χ1) is 14.7. The number of nitrogens with zero attached hydrogens (tertiary/aromatic N) is 1. The van der Waals surface area contributed by atoms with Crippen molar-refractivity contribution in [1.82, 2.24) is 15.8 Å². The Kier molecular flexibility index (Phi) is 9.22. The van der Waals surface area contributed by atoms with Crippen LogP contribution in [0, 0.1) is 5.92 Å². The molecule has 0 aliphatic carbocycles. The molecule has 11 nitrogen and oxygen atoms in total. The Morgan fingerprint density at radius 2 is 1.84 bits per heavy atom. The van der Waals surface area contributed by atoms with Gasteiger partial charge >= 0.3 is 18.0 Å². The van der Waals surface area contributed by atoms with Gasteiger partial charge in [0.1, 0.15) is 17.1 Å². The van der Waals surface area contributed by atoms with E-state index in [-0.39, 0.29) is 18.3 Å². The summed E-state index contributed by atoms with van der Waals surface area (Å²) >= 11 is 0. The van der Waals surface area contributed by atoms with Crippen LogP contribution in [0.1, 0.15) is 72.4 Å². The van der Waals surface area contributed by atoms with Crippen LogP contribution >= 0.6 is 0 Å². The number of aliphatic carboxylic acids is 1. The molecule has 0 bridgehead atoms. The van der Waals surface area contributed by atoms with Crippen LogP contribution in [0.2, 0.25) is 0 Å². The van der Waals surface area contributed by atoms with Gasteiger partial charge in [-0.2, -0.15) is 0 Å². The molecule has 1 aromatic heterocycles. The maximum absolute atomic E-state index is 12.5. The fourth-order valence-electron chi connectivity index (χ4n) is 2.95. The van der Waals surface area contributed by atoms with Crippen molar-refractivity contribution in [2.75, 3.05) is 6.61 Å². The van der Waals surface area contributed by atoms with Crippen molar-refractivity contribution >= 4 is 23.9 Å². The molecule has 11 heteroatoms. The SMILES string of the molecule is CCOC(=O)C(Cc1cc(C(CC(C)C)NC(=O)OC(C)(C)C)no1)(NC(C)=O)C(=O)O. The number of carboxylic acid groups (broad SMARTS) is 1. The molecular weight excluding hydrogens is 422 g/mol. The van der Waals surface area contributed by atoms with Crippen LogP contribution in [0.25, 0.3) is 0 Å². The highest BCUT2D eigenvalue weighted by atomic mass is 16.6. The zero-order valence-corrected chi connectivity index (χ0v) is 19.6. The first-order valence-corrected chi connectivity index (χ1v) is 10.3. The van der Waals surface area contributed by atoms with Crippen LogP contribution in [-0.4, -0.2) is 51.9 Å². The maximum atomic E-state index is 12.5. The van der Waals surface area contributed by atoms with E-state index < -0.39 is 47.5 Å². The largest absolute Gasteiger partial charge is 0.479 e. The molecule has 32 heavy (non-hydrogen) atoms. The molecule has 180 valence electrons. The number of nitrogens with one attached hydrogen (secondary N) is 2. The highest BCUT2D eigenvalue weighted by molar-refractivity contribution is 6.07. The second kappa shape index (κ2) is 11.0. The quantitative estimate of drug-likeness (QED) is 0.356. The first kappa shape index (κ1) is 26.9. The van der Waals surface area contributed by atoms with E-state index in [2.05, 4.69) is 15.8 Å². The second-order valence-corrected chi connectivity index (χ2v) is 8.84. The van der Waals surface area contributed by atoms with Gasteiger partial charge in [-0.25, -0.2) is 14.4 Å². The number of ether oxygens (including phenoxy) is 2. The lowest BCUT2D eigenvalue weighted by molar-refractivity contribution is -0.165. The predicted octanol–water partition coefficient (Wildman–Crippen LogP) is 2.35. The normalized spacial score (nSPS) is 14.2. The van der Waals surface area contributed by atoms with Gasteiger partial charge in [0.2, 0.25) is 11.4 Å². The Bertz CT molecular complexity index is 827. The lowest BCUT2D eigenvalue weighted by Gasteiger charge is -2.26. The number of alkyl carbamates (subject to hydrolysis) is 1. The van der Waals surface area contributed by atoms with Crippen LogP contribution in [0.5, 0.6) is 0 Å². The number of hydrogen-bond donors (Lipinski definition) is 3. The first-order valence-electron chi connectivity index (χ1n) is 10.3. The molecule has 0 radical (unpaired) electrons. The Morgan fingerprint density at radius 3 is 2.31 bits per heavy atom. The summed E-state index contributed by atoms with van der Waals surface area (Å²) in [5.74, 6) is -3.28. The second-order valence-electron chi connectivity index (χ2n) is 8.84. The van der Waals surface area contributed by atoms with Gasteiger partial charge in [0.25, 0.3) is 0 Å². The fraction of sp³-hybridized carbons (Fsp3) is 0.667. The smallest absolute Gasteiger partial charge is 0.408 e. The zero-order chi connectivity index (χ0) is 24.7. The van der Waals surface area contributed by atoms with Crippen molar-refractivity contribution in [3.63, 3.8) is 0 Å². The van der Waals surface area contributed by atoms with E-state index in [1.165, 1.54) is 13.0 Å². The summed E-state index contributed by atoms with van der Waals surface area (Å²) in [6.07, 6.45) is -0.676. The number of carbonyl (C=O) groups excluding carboxylic acids is 3. The summed E-state index contributed by atoms with van der Waals surface area (Å²) in [6, 6.07) is 0.855. The summed E-state index contributed by atoms with van der Waals surface area (Å²) in [7, 11) is 0. The number of rotatable bonds is 10. The van der Waals surface area contributed by atoms with Gasteiger partial charge in [-0.15, -0.1) is 0 Å². The molecule has 0 aliphatic rings. The number of esters is 1. The molecule has 1 aromatic rings. The third kappa shape index (κ3) is 7.86. The number of carbonyl (C=O) groups is 4. The van der Waals surface area contributed by atoms with Gasteiger partial charge in [-0.3, -0.25) is 4.79 Å². The lowest BCUT2D eigenvalue weighted by Crippen LogP contribution is -2.61. The Balaban J connectivity index is 3.22. The van der Waals surface area contributed by atoms with Crippen LogP contribution in [-0.2, 0) is 30.3 Å². The van der Waals surface area contributed by atoms with Gasteiger partial charge < -0.3 is 29.7 Å². The summed E-state index contributed by atoms with van der Waals surface area (Å²) in [5.41, 5.74) is -2.75. The van der Waals surface area contributed by atoms with Crippen molar-refractivity contribution in [2.45, 2.75) is 78.5 Å². The van der Waals surface area contributed by atoms with E-state index in [4.69, 9.17) is 14.0 Å². The standard InChI is InChI=1S/C21H33N3O8/c1-8-30-18(28)21(17(26)27,23-13(4)25)11-14-10-16(24-32-14)15(9-12(2)3)22-19(29)31-20(5,6)7/h10,12,15H,8-9,11H2,1-7H3,(H,22,29)(H,23,25)(H,26,27). The average molecular weight is 456 g/mol. The summed E-state index contributed by atoms with van der Waals surface area (Å²) in [6.45, 7) is 11.7. The number of amides is 2. The highest BCUT2D eigenvalue weighted by Gasteiger charge is 2.50. The van der Waals surface area contributed by atoms with Crippen molar-refractivity contribution < 1.29 is 38.3 Å². The molecule has 0 saturated carbocycles. The predicted molar refractivity (Wildman–Crippen MR) is 113 cm³/mol. The van der Waals surface area contributed by atoms with Gasteiger partial charge in [0.15, 0.2) is 0 Å². The van der Waals surface area contributed by atoms with Gasteiger partial charge in [0, 0.05) is 13.0 Å². The molecule has 3 N–H and O–H groups in total. The average Bonchev–Trinajstić information content (AvgIpc) is 3.06. The Morgan fingerprint density at radius 1 is 1.22 bits per heavy atom. The third-order valence-corrected chi connectivity index (χ3v) is 4.15. The van der Waals surface area contributed by atoms with E-state index in [9.17, 15) is 24.3 Å². The molecule has 2 amide bonds. The minimum atomic E-state index is -2.38. The highest BCUT2D eigenvalue weighted by Crippen LogP contribution is 2.25. The molecule has 1 rings (SSSR count). The van der Waals surface area contributed by atoms with Crippen LogP contribution in [0.15, 0.2) is 10.6 Å². The molecule has 1 heterocycles. The molecule has 2 atom stereocenters. The molecule has 2 unspecified atom stereocenters. The molecule has 0 fully saturated rings. The van der Waals surface area contributed by atoms with Crippen molar-refractivity contribution in [3.05, 3.63) is 17.5 Å². The van der Waals surface area contributed by atoms with Crippen molar-refractivity contribution in [3.8, 4) is 0 Å². The van der Waals surface area contributed by atoms with Crippen LogP contribution < -0.4 is 10.6 Å². The maximum Gasteiger partial charge on any atom is 0.408 e. The van der Waals surface area contributed by atoms with Gasteiger partial charge in [0.05, 0.1) is 19.1 Å². The van der Waals surface area contributed by atoms with Crippen LogP contribution in [0.4, 0.5) is 4.79 Å². The van der Waals surface area contributed by atoms with E-state index in [1.807, 2.05) is 13.8 Å². The summed E-state index contributed by atoms with van der Waals surface area (Å²) < 4.78 is 15.4. The summed E-state index contributed by atoms with van der Waals surface area (Å²) in [5, 5.41) is 18.6. The van der Waals surface area contributed by atoms with Gasteiger partial charge in [-0.1, -0.05) is 19.0 Å². The zero-order valence-electron chi connectivity index (χ0n) is 19.6. The van der Waals surface area contributed by atoms with E-state index >= 15 is 0 Å². The molecule has 0 aromatic carbocycles. The number of aromatic nitrogens is 1. The molecule has 0 spiro atoms. The van der Waals surface area contributed by atoms with Crippen molar-refractivity contribution in [1.29, 1.82) is 0 Å². The summed E-state index contributed by atoms with van der Waals surface area (Å²) in [4.78, 5) is 48.3. The third-order valence-electron chi connectivity index (χ3n) is 4.15. The molecule has 0 aliphatic heterocycles. The lowest BCUT2D eigenvalue weighted by atomic mass is 9.92. The Labute approximate surface area is 187 Å². The minimum Gasteiger partial charge on any atom is -0.479 e. The topological polar surface area (TPSA) is 157 Å². The van der Waals surface area contributed by atoms with Crippen LogP contribution in [0.3, 0.4) is 0 Å². The van der Waals surface area contributed by atoms with Crippen molar-refractivity contribution in [2.24, 2.45) is 5.92 Å². The molecule has 0 saturated heterocycles. The Hall–Kier alpha value is -3.11. The van der Waals surface area contributed by atoms with Gasteiger partial charge in [-0.05, 0) is 40.0 Å². The minimum absolute atomic E-state index is 0.0175. The molecular formula is C21H33N3O8. The van der Waals surface area contributed by atoms with E-state index in [1.54, 1.807) is 20.8 Å². The number of hydrogen-bond acceptors (Lipinski definition) is 8. The monoisotopic (exact) mass is 455 g/mol. The fourth-order valence-corrected chi connectivity index (χ4v) is 2.95.